The summed E-state index contributed by atoms with van der Waals surface area (Å²) in [7, 11) is 0. The molecule has 17 heavy (non-hydrogen) atoms. The van der Waals surface area contributed by atoms with Gasteiger partial charge in [-0.3, -0.25) is 0 Å². The van der Waals surface area contributed by atoms with Crippen LogP contribution < -0.4 is 0 Å². The maximum Gasteiger partial charge on any atom is 0.416 e. The molecule has 1 rings (SSSR count). The number of nitriles is 1. The van der Waals surface area contributed by atoms with Gasteiger partial charge in [0.05, 0.1) is 18.1 Å². The molecule has 0 spiro atoms. The summed E-state index contributed by atoms with van der Waals surface area (Å²) in [5.41, 5.74) is -2.69. The average Bonchev–Trinajstić information content (AvgIpc) is 2.18. The lowest BCUT2D eigenvalue weighted by Crippen LogP contribution is -2.12. The molecule has 0 N–H and O–H groups in total. The Morgan fingerprint density at radius 2 is 2.00 bits per heavy atom. The second-order valence-corrected chi connectivity index (χ2v) is 3.75. The van der Waals surface area contributed by atoms with E-state index in [-0.39, 0.29) is 10.7 Å². The maximum atomic E-state index is 12.6. The minimum absolute atomic E-state index is 0.266. The Bertz CT molecular complexity index is 464. The minimum Gasteiger partial charge on any atom is -0.240 e. The van der Waals surface area contributed by atoms with Gasteiger partial charge in [0.2, 0.25) is 0 Å². The first-order chi connectivity index (χ1) is 7.77. The number of halogens is 6. The highest BCUT2D eigenvalue weighted by atomic mass is 79.9. The van der Waals surface area contributed by atoms with Crippen LogP contribution in [0.1, 0.15) is 23.2 Å². The zero-order chi connectivity index (χ0) is 13.2. The molecule has 0 unspecified atom stereocenters. The third-order valence-corrected chi connectivity index (χ3v) is 2.53. The van der Waals surface area contributed by atoms with Crippen LogP contribution in [0.3, 0.4) is 0 Å². The molecule has 1 aromatic rings. The monoisotopic (exact) mass is 314 g/mol. The van der Waals surface area contributed by atoms with Gasteiger partial charge in [0.25, 0.3) is 6.43 Å². The zero-order valence-electron chi connectivity index (χ0n) is 8.02. The van der Waals surface area contributed by atoms with Gasteiger partial charge >= 0.3 is 6.18 Å². The number of hydrogen-bond acceptors (Lipinski definition) is 2. The van der Waals surface area contributed by atoms with Gasteiger partial charge in [-0.15, -0.1) is 0 Å². The molecular weight excluding hydrogens is 311 g/mol. The highest BCUT2D eigenvalue weighted by Crippen LogP contribution is 2.36. The van der Waals surface area contributed by atoms with Crippen LogP contribution in [0.25, 0.3) is 0 Å². The van der Waals surface area contributed by atoms with Crippen LogP contribution >= 0.6 is 15.9 Å². The molecule has 0 aliphatic heterocycles. The Labute approximate surface area is 101 Å². The molecule has 8 heteroatoms. The van der Waals surface area contributed by atoms with Crippen LogP contribution in [0.15, 0.2) is 10.7 Å². The van der Waals surface area contributed by atoms with E-state index in [1.54, 1.807) is 0 Å². The minimum atomic E-state index is -4.80. The van der Waals surface area contributed by atoms with Crippen molar-refractivity contribution in [3.63, 3.8) is 0 Å². The van der Waals surface area contributed by atoms with Crippen molar-refractivity contribution >= 4 is 15.9 Å². The Morgan fingerprint density at radius 1 is 1.41 bits per heavy atom. The lowest BCUT2D eigenvalue weighted by atomic mass is 10.1. The summed E-state index contributed by atoms with van der Waals surface area (Å²) >= 11 is 2.66. The van der Waals surface area contributed by atoms with Crippen LogP contribution in [0.4, 0.5) is 22.0 Å². The Hall–Kier alpha value is -1.23. The van der Waals surface area contributed by atoms with Gasteiger partial charge in [-0.05, 0) is 22.0 Å². The Balaban J connectivity index is 3.46. The fraction of sp³-hybridized carbons (Fsp3) is 0.333. The quantitative estimate of drug-likeness (QED) is 0.614. The molecule has 92 valence electrons. The van der Waals surface area contributed by atoms with Gasteiger partial charge in [0, 0.05) is 5.56 Å². The number of alkyl halides is 5. The number of aromatic nitrogens is 1. The Kier molecular flexibility index (Phi) is 4.03. The molecule has 1 heterocycles. The lowest BCUT2D eigenvalue weighted by Gasteiger charge is -2.13. The lowest BCUT2D eigenvalue weighted by molar-refractivity contribution is -0.138. The first-order valence-corrected chi connectivity index (χ1v) is 4.98. The number of nitrogens with zero attached hydrogens (tertiary/aromatic N) is 2. The highest BCUT2D eigenvalue weighted by Gasteiger charge is 2.35. The molecule has 0 atom stereocenters. The van der Waals surface area contributed by atoms with E-state index in [0.29, 0.717) is 0 Å². The molecule has 0 saturated heterocycles. The SMILES string of the molecule is N#CCc1c(C(F)(F)F)cc(C(F)F)nc1Br. The molecule has 0 radical (unpaired) electrons. The molecule has 0 aliphatic carbocycles. The fourth-order valence-electron chi connectivity index (χ4n) is 1.17. The summed E-state index contributed by atoms with van der Waals surface area (Å²) in [6, 6.07) is 1.79. The smallest absolute Gasteiger partial charge is 0.240 e. The summed E-state index contributed by atoms with van der Waals surface area (Å²) in [4.78, 5) is 3.28. The number of rotatable bonds is 2. The second kappa shape index (κ2) is 4.96. The molecule has 0 bridgehead atoms. The van der Waals surface area contributed by atoms with Crippen LogP contribution in [0, 0.1) is 11.3 Å². The van der Waals surface area contributed by atoms with Crippen molar-refractivity contribution in [2.45, 2.75) is 19.0 Å². The number of hydrogen-bond donors (Lipinski definition) is 0. The van der Waals surface area contributed by atoms with E-state index in [9.17, 15) is 22.0 Å². The highest BCUT2D eigenvalue weighted by molar-refractivity contribution is 9.10. The molecule has 0 aliphatic rings. The molecule has 1 aromatic heterocycles. The van der Waals surface area contributed by atoms with Crippen molar-refractivity contribution in [1.82, 2.24) is 4.98 Å². The first kappa shape index (κ1) is 13.8. The summed E-state index contributed by atoms with van der Waals surface area (Å²) in [6.45, 7) is 0. The standard InChI is InChI=1S/C9H4BrF5N2/c10-7-4(1-2-16)5(9(13,14)15)3-6(17-7)8(11)12/h3,8H,1H2. The Morgan fingerprint density at radius 3 is 2.41 bits per heavy atom. The van der Waals surface area contributed by atoms with E-state index in [4.69, 9.17) is 5.26 Å². The van der Waals surface area contributed by atoms with Gasteiger partial charge in [-0.2, -0.15) is 18.4 Å². The van der Waals surface area contributed by atoms with Crippen LogP contribution in [0.5, 0.6) is 0 Å². The van der Waals surface area contributed by atoms with Crippen molar-refractivity contribution in [3.05, 3.63) is 27.5 Å². The van der Waals surface area contributed by atoms with Gasteiger partial charge < -0.3 is 0 Å². The third kappa shape index (κ3) is 3.12. The van der Waals surface area contributed by atoms with Gasteiger partial charge in [0.1, 0.15) is 10.3 Å². The maximum absolute atomic E-state index is 12.6. The first-order valence-electron chi connectivity index (χ1n) is 4.19. The van der Waals surface area contributed by atoms with Gasteiger partial charge in [-0.1, -0.05) is 0 Å². The molecule has 0 fully saturated rings. The molecular formula is C9H4BrF5N2. The summed E-state index contributed by atoms with van der Waals surface area (Å²) in [6.07, 6.45) is -8.48. The van der Waals surface area contributed by atoms with Crippen molar-refractivity contribution in [3.8, 4) is 6.07 Å². The summed E-state index contributed by atoms with van der Waals surface area (Å²) in [5.74, 6) is 0. The fourth-order valence-corrected chi connectivity index (χ4v) is 1.73. The van der Waals surface area contributed by atoms with Crippen molar-refractivity contribution in [1.29, 1.82) is 5.26 Å². The summed E-state index contributed by atoms with van der Waals surface area (Å²) in [5, 5.41) is 8.40. The van der Waals surface area contributed by atoms with Gasteiger partial charge in [-0.25, -0.2) is 13.8 Å². The predicted molar refractivity (Wildman–Crippen MR) is 51.2 cm³/mol. The van der Waals surface area contributed by atoms with Crippen molar-refractivity contribution in [2.24, 2.45) is 0 Å². The van der Waals surface area contributed by atoms with Crippen molar-refractivity contribution < 1.29 is 22.0 Å². The van der Waals surface area contributed by atoms with E-state index < -0.39 is 35.8 Å². The summed E-state index contributed by atoms with van der Waals surface area (Å²) < 4.78 is 62.0. The van der Waals surface area contributed by atoms with Crippen LogP contribution in [0.2, 0.25) is 0 Å². The molecule has 0 amide bonds. The topological polar surface area (TPSA) is 36.7 Å². The average molecular weight is 315 g/mol. The largest absolute Gasteiger partial charge is 0.416 e. The van der Waals surface area contributed by atoms with E-state index in [1.807, 2.05) is 0 Å². The van der Waals surface area contributed by atoms with Crippen molar-refractivity contribution in [2.75, 3.05) is 0 Å². The van der Waals surface area contributed by atoms with Crippen LogP contribution in [-0.4, -0.2) is 4.98 Å². The zero-order valence-corrected chi connectivity index (χ0v) is 9.61. The molecule has 0 aromatic carbocycles. The van der Waals surface area contributed by atoms with E-state index in [2.05, 4.69) is 20.9 Å². The molecule has 2 nitrogen and oxygen atoms in total. The second-order valence-electron chi connectivity index (χ2n) is 3.00. The normalized spacial score (nSPS) is 11.6. The van der Waals surface area contributed by atoms with E-state index in [1.165, 1.54) is 6.07 Å². The number of pyridine rings is 1. The van der Waals surface area contributed by atoms with Crippen LogP contribution in [-0.2, 0) is 12.6 Å². The molecule has 0 saturated carbocycles. The van der Waals surface area contributed by atoms with Gasteiger partial charge in [0.15, 0.2) is 0 Å². The van der Waals surface area contributed by atoms with E-state index >= 15 is 0 Å². The van der Waals surface area contributed by atoms with E-state index in [0.717, 1.165) is 0 Å². The predicted octanol–water partition coefficient (Wildman–Crippen LogP) is 3.87. The third-order valence-electron chi connectivity index (χ3n) is 1.88.